The second-order valence-electron chi connectivity index (χ2n) is 4.83. The molecule has 3 heteroatoms. The first kappa shape index (κ1) is 11.7. The Morgan fingerprint density at radius 2 is 1.87 bits per heavy atom. The molecule has 82 valence electrons. The van der Waals surface area contributed by atoms with Gasteiger partial charge in [0.2, 0.25) is 0 Å². The average molecular weight is 205 g/mol. The SMILES string of the molecule is CC(C(N)=Nc1ccncc1)C(C)(C)C. The highest BCUT2D eigenvalue weighted by molar-refractivity contribution is 5.85. The summed E-state index contributed by atoms with van der Waals surface area (Å²) in [6.45, 7) is 8.58. The smallest absolute Gasteiger partial charge is 0.103 e. The standard InChI is InChI=1S/C12H19N3/c1-9(12(2,3)4)11(13)15-10-5-7-14-8-6-10/h5-9H,1-4H3,(H2,13,14,15). The molecule has 3 nitrogen and oxygen atoms in total. The fourth-order valence-corrected chi connectivity index (χ4v) is 1.11. The van der Waals surface area contributed by atoms with Crippen LogP contribution in [0.5, 0.6) is 0 Å². The highest BCUT2D eigenvalue weighted by atomic mass is 14.9. The van der Waals surface area contributed by atoms with E-state index in [4.69, 9.17) is 5.73 Å². The summed E-state index contributed by atoms with van der Waals surface area (Å²) in [6, 6.07) is 3.70. The maximum absolute atomic E-state index is 5.96. The van der Waals surface area contributed by atoms with Gasteiger partial charge in [0.05, 0.1) is 5.69 Å². The number of amidine groups is 1. The predicted molar refractivity (Wildman–Crippen MR) is 64.1 cm³/mol. The molecule has 1 rings (SSSR count). The van der Waals surface area contributed by atoms with Gasteiger partial charge >= 0.3 is 0 Å². The van der Waals surface area contributed by atoms with Crippen molar-refractivity contribution in [3.63, 3.8) is 0 Å². The highest BCUT2D eigenvalue weighted by Crippen LogP contribution is 2.26. The van der Waals surface area contributed by atoms with Crippen molar-refractivity contribution < 1.29 is 0 Å². The zero-order chi connectivity index (χ0) is 11.5. The zero-order valence-corrected chi connectivity index (χ0v) is 9.86. The molecule has 0 saturated carbocycles. The molecule has 1 unspecified atom stereocenters. The van der Waals surface area contributed by atoms with Crippen LogP contribution in [-0.4, -0.2) is 10.8 Å². The largest absolute Gasteiger partial charge is 0.387 e. The van der Waals surface area contributed by atoms with Crippen LogP contribution in [0.3, 0.4) is 0 Å². The van der Waals surface area contributed by atoms with Gasteiger partial charge in [-0.2, -0.15) is 0 Å². The molecule has 1 aromatic rings. The van der Waals surface area contributed by atoms with Gasteiger partial charge < -0.3 is 5.73 Å². The van der Waals surface area contributed by atoms with Crippen LogP contribution in [-0.2, 0) is 0 Å². The lowest BCUT2D eigenvalue weighted by molar-refractivity contribution is 0.332. The minimum atomic E-state index is 0.139. The van der Waals surface area contributed by atoms with Gasteiger partial charge in [-0.25, -0.2) is 4.99 Å². The summed E-state index contributed by atoms with van der Waals surface area (Å²) in [5.74, 6) is 0.930. The fraction of sp³-hybridized carbons (Fsp3) is 0.500. The van der Waals surface area contributed by atoms with Gasteiger partial charge in [0.25, 0.3) is 0 Å². The lowest BCUT2D eigenvalue weighted by Crippen LogP contribution is -2.31. The van der Waals surface area contributed by atoms with E-state index in [1.165, 1.54) is 0 Å². The molecular weight excluding hydrogens is 186 g/mol. The van der Waals surface area contributed by atoms with Crippen molar-refractivity contribution in [3.8, 4) is 0 Å². The van der Waals surface area contributed by atoms with Gasteiger partial charge in [0.15, 0.2) is 0 Å². The summed E-state index contributed by atoms with van der Waals surface area (Å²) in [6.07, 6.45) is 3.43. The van der Waals surface area contributed by atoms with Crippen LogP contribution in [0.2, 0.25) is 0 Å². The van der Waals surface area contributed by atoms with Gasteiger partial charge in [-0.15, -0.1) is 0 Å². The van der Waals surface area contributed by atoms with Crippen LogP contribution in [0.15, 0.2) is 29.5 Å². The summed E-state index contributed by atoms with van der Waals surface area (Å²) < 4.78 is 0. The molecule has 0 spiro atoms. The molecule has 0 saturated heterocycles. The summed E-state index contributed by atoms with van der Waals surface area (Å²) in [7, 11) is 0. The number of hydrogen-bond acceptors (Lipinski definition) is 2. The molecule has 0 bridgehead atoms. The van der Waals surface area contributed by atoms with E-state index in [-0.39, 0.29) is 11.3 Å². The van der Waals surface area contributed by atoms with Crippen LogP contribution < -0.4 is 5.73 Å². The molecule has 1 heterocycles. The quantitative estimate of drug-likeness (QED) is 0.596. The molecule has 1 aromatic heterocycles. The average Bonchev–Trinajstić information content (AvgIpc) is 2.16. The van der Waals surface area contributed by atoms with Crippen molar-refractivity contribution >= 4 is 11.5 Å². The third kappa shape index (κ3) is 3.35. The Morgan fingerprint density at radius 3 is 2.33 bits per heavy atom. The lowest BCUT2D eigenvalue weighted by atomic mass is 9.81. The number of hydrogen-bond donors (Lipinski definition) is 1. The number of aromatic nitrogens is 1. The van der Waals surface area contributed by atoms with Crippen LogP contribution in [0.4, 0.5) is 5.69 Å². The van der Waals surface area contributed by atoms with Crippen LogP contribution in [0.1, 0.15) is 27.7 Å². The second-order valence-corrected chi connectivity index (χ2v) is 4.83. The maximum atomic E-state index is 5.96. The number of rotatable bonds is 2. The Balaban J connectivity index is 2.86. The fourth-order valence-electron chi connectivity index (χ4n) is 1.11. The van der Waals surface area contributed by atoms with E-state index >= 15 is 0 Å². The molecule has 0 fully saturated rings. The lowest BCUT2D eigenvalue weighted by Gasteiger charge is -2.26. The molecular formula is C12H19N3. The van der Waals surface area contributed by atoms with Crippen molar-refractivity contribution in [2.75, 3.05) is 0 Å². The number of nitrogens with zero attached hydrogens (tertiary/aromatic N) is 2. The second kappa shape index (κ2) is 4.43. The van der Waals surface area contributed by atoms with E-state index in [0.717, 1.165) is 5.69 Å². The first-order chi connectivity index (χ1) is 6.91. The van der Waals surface area contributed by atoms with E-state index in [1.807, 2.05) is 12.1 Å². The van der Waals surface area contributed by atoms with Crippen molar-refractivity contribution in [1.29, 1.82) is 0 Å². The van der Waals surface area contributed by atoms with Crippen LogP contribution in [0.25, 0.3) is 0 Å². The summed E-state index contributed by atoms with van der Waals surface area (Å²) >= 11 is 0. The van der Waals surface area contributed by atoms with E-state index < -0.39 is 0 Å². The summed E-state index contributed by atoms with van der Waals surface area (Å²) in [5, 5.41) is 0. The predicted octanol–water partition coefficient (Wildman–Crippen LogP) is 2.75. The Hall–Kier alpha value is -1.38. The Labute approximate surface area is 91.4 Å². The minimum absolute atomic E-state index is 0.139. The zero-order valence-electron chi connectivity index (χ0n) is 9.86. The maximum Gasteiger partial charge on any atom is 0.103 e. The van der Waals surface area contributed by atoms with E-state index in [1.54, 1.807) is 12.4 Å². The molecule has 0 aliphatic rings. The first-order valence-corrected chi connectivity index (χ1v) is 5.15. The number of aliphatic imine (C=N–C) groups is 1. The van der Waals surface area contributed by atoms with Crippen molar-refractivity contribution in [2.24, 2.45) is 22.1 Å². The molecule has 0 aliphatic heterocycles. The van der Waals surface area contributed by atoms with Gasteiger partial charge in [-0.1, -0.05) is 27.7 Å². The van der Waals surface area contributed by atoms with Crippen molar-refractivity contribution in [3.05, 3.63) is 24.5 Å². The topological polar surface area (TPSA) is 51.3 Å². The van der Waals surface area contributed by atoms with Crippen LogP contribution >= 0.6 is 0 Å². The minimum Gasteiger partial charge on any atom is -0.387 e. The van der Waals surface area contributed by atoms with E-state index in [2.05, 4.69) is 37.7 Å². The van der Waals surface area contributed by atoms with Gasteiger partial charge in [-0.05, 0) is 17.5 Å². The number of pyridine rings is 1. The molecule has 2 N–H and O–H groups in total. The molecule has 1 atom stereocenters. The molecule has 0 amide bonds. The summed E-state index contributed by atoms with van der Waals surface area (Å²) in [4.78, 5) is 8.32. The third-order valence-electron chi connectivity index (χ3n) is 2.66. The summed E-state index contributed by atoms with van der Waals surface area (Å²) in [5.41, 5.74) is 6.96. The normalized spacial score (nSPS) is 15.1. The van der Waals surface area contributed by atoms with E-state index in [0.29, 0.717) is 5.84 Å². The molecule has 0 aliphatic carbocycles. The molecule has 0 aromatic carbocycles. The first-order valence-electron chi connectivity index (χ1n) is 5.15. The van der Waals surface area contributed by atoms with Crippen molar-refractivity contribution in [1.82, 2.24) is 4.98 Å². The monoisotopic (exact) mass is 205 g/mol. The van der Waals surface area contributed by atoms with Crippen LogP contribution in [0, 0.1) is 11.3 Å². The molecule has 0 radical (unpaired) electrons. The highest BCUT2D eigenvalue weighted by Gasteiger charge is 2.23. The Morgan fingerprint density at radius 1 is 1.33 bits per heavy atom. The Bertz CT molecular complexity index is 336. The van der Waals surface area contributed by atoms with Gasteiger partial charge in [0.1, 0.15) is 5.84 Å². The van der Waals surface area contributed by atoms with Gasteiger partial charge in [0, 0.05) is 18.3 Å². The number of nitrogens with two attached hydrogens (primary N) is 1. The van der Waals surface area contributed by atoms with E-state index in [9.17, 15) is 0 Å². The van der Waals surface area contributed by atoms with Crippen molar-refractivity contribution in [2.45, 2.75) is 27.7 Å². The third-order valence-corrected chi connectivity index (χ3v) is 2.66. The van der Waals surface area contributed by atoms with Gasteiger partial charge in [-0.3, -0.25) is 4.98 Å². The molecule has 15 heavy (non-hydrogen) atoms. The Kier molecular flexibility index (Phi) is 3.45.